The van der Waals surface area contributed by atoms with Crippen molar-refractivity contribution in [3.05, 3.63) is 90.8 Å². The Bertz CT molecular complexity index is 1140. The van der Waals surface area contributed by atoms with Gasteiger partial charge in [-0.2, -0.15) is 5.10 Å². The Kier molecular flexibility index (Phi) is 8.82. The van der Waals surface area contributed by atoms with E-state index >= 15 is 0 Å². The van der Waals surface area contributed by atoms with Crippen LogP contribution in [0.25, 0.3) is 0 Å². The molecular formula is C23H18BrCl3N2O3. The molecule has 0 aliphatic heterocycles. The largest absolute Gasteiger partial charge is 0.493 e. The molecule has 0 fully saturated rings. The lowest BCUT2D eigenvalue weighted by molar-refractivity contribution is -0.120. The Balaban J connectivity index is 1.63. The Labute approximate surface area is 209 Å². The highest BCUT2D eigenvalue weighted by molar-refractivity contribution is 9.10. The van der Waals surface area contributed by atoms with E-state index in [1.807, 2.05) is 30.3 Å². The zero-order valence-corrected chi connectivity index (χ0v) is 20.7. The van der Waals surface area contributed by atoms with E-state index in [9.17, 15) is 4.79 Å². The molecule has 0 aromatic heterocycles. The maximum atomic E-state index is 12.1. The lowest BCUT2D eigenvalue weighted by Crippen LogP contribution is -2.19. The molecule has 5 nitrogen and oxygen atoms in total. The van der Waals surface area contributed by atoms with Gasteiger partial charge in [-0.05, 0) is 53.1 Å². The molecule has 0 spiro atoms. The van der Waals surface area contributed by atoms with Gasteiger partial charge in [-0.25, -0.2) is 5.43 Å². The van der Waals surface area contributed by atoms with Crippen LogP contribution in [0.15, 0.2) is 64.2 Å². The SMILES string of the molecule is COc1cc(/C=N/NC(=O)Cc2ccc(Br)cc2)cc(Cl)c1OCc1ccc(Cl)c(Cl)c1. The van der Waals surface area contributed by atoms with Gasteiger partial charge in [-0.15, -0.1) is 0 Å². The quantitative estimate of drug-likeness (QED) is 0.248. The normalized spacial score (nSPS) is 10.9. The van der Waals surface area contributed by atoms with Crippen LogP contribution >= 0.6 is 50.7 Å². The standard InChI is InChI=1S/C23H18BrCl3N2O3/c1-31-21-10-16(12-28-29-22(30)11-14-2-5-17(24)6-3-14)9-20(27)23(21)32-13-15-4-7-18(25)19(26)8-15/h2-10,12H,11,13H2,1H3,(H,29,30)/b28-12+. The smallest absolute Gasteiger partial charge is 0.244 e. The molecule has 0 heterocycles. The van der Waals surface area contributed by atoms with Gasteiger partial charge in [0.15, 0.2) is 11.5 Å². The molecule has 0 atom stereocenters. The van der Waals surface area contributed by atoms with Gasteiger partial charge in [0, 0.05) is 4.47 Å². The summed E-state index contributed by atoms with van der Waals surface area (Å²) in [4.78, 5) is 12.1. The van der Waals surface area contributed by atoms with Gasteiger partial charge in [-0.1, -0.05) is 68.9 Å². The van der Waals surface area contributed by atoms with Crippen molar-refractivity contribution < 1.29 is 14.3 Å². The molecule has 9 heteroatoms. The van der Waals surface area contributed by atoms with E-state index in [4.69, 9.17) is 44.3 Å². The number of carbonyl (C=O) groups is 1. The van der Waals surface area contributed by atoms with Gasteiger partial charge in [0.2, 0.25) is 5.91 Å². The first-order valence-corrected chi connectivity index (χ1v) is 11.3. The van der Waals surface area contributed by atoms with E-state index in [2.05, 4.69) is 26.5 Å². The van der Waals surface area contributed by atoms with Crippen molar-refractivity contribution in [2.75, 3.05) is 7.11 Å². The zero-order valence-electron chi connectivity index (χ0n) is 16.9. The van der Waals surface area contributed by atoms with E-state index in [1.54, 1.807) is 24.3 Å². The Hall–Kier alpha value is -2.25. The average Bonchev–Trinajstić information content (AvgIpc) is 2.76. The second-order valence-electron chi connectivity index (χ2n) is 6.67. The van der Waals surface area contributed by atoms with Gasteiger partial charge < -0.3 is 9.47 Å². The van der Waals surface area contributed by atoms with Crippen LogP contribution < -0.4 is 14.9 Å². The van der Waals surface area contributed by atoms with Crippen LogP contribution in [0.3, 0.4) is 0 Å². The molecule has 3 aromatic rings. The summed E-state index contributed by atoms with van der Waals surface area (Å²) in [5.74, 6) is 0.583. The number of ether oxygens (including phenoxy) is 2. The van der Waals surface area contributed by atoms with Crippen LogP contribution in [-0.2, 0) is 17.8 Å². The molecule has 32 heavy (non-hydrogen) atoms. The van der Waals surface area contributed by atoms with Crippen LogP contribution in [0, 0.1) is 0 Å². The maximum absolute atomic E-state index is 12.1. The van der Waals surface area contributed by atoms with E-state index in [-0.39, 0.29) is 18.9 Å². The number of hydrogen-bond acceptors (Lipinski definition) is 4. The molecular weight excluding hydrogens is 539 g/mol. The number of amides is 1. The summed E-state index contributed by atoms with van der Waals surface area (Å²) in [6.07, 6.45) is 1.70. The molecule has 0 radical (unpaired) electrons. The van der Waals surface area contributed by atoms with Crippen molar-refractivity contribution in [1.82, 2.24) is 5.43 Å². The number of benzene rings is 3. The topological polar surface area (TPSA) is 59.9 Å². The molecule has 3 aromatic carbocycles. The second-order valence-corrected chi connectivity index (χ2v) is 8.80. The molecule has 0 saturated carbocycles. The molecule has 1 amide bonds. The number of rotatable bonds is 8. The van der Waals surface area contributed by atoms with Crippen LogP contribution in [0.5, 0.6) is 11.5 Å². The third-order valence-corrected chi connectivity index (χ3v) is 5.85. The van der Waals surface area contributed by atoms with Crippen molar-refractivity contribution in [3.63, 3.8) is 0 Å². The number of halogens is 4. The summed E-state index contributed by atoms with van der Waals surface area (Å²) in [5, 5.41) is 5.25. The van der Waals surface area contributed by atoms with Crippen molar-refractivity contribution >= 4 is 62.9 Å². The molecule has 166 valence electrons. The lowest BCUT2D eigenvalue weighted by Gasteiger charge is -2.13. The van der Waals surface area contributed by atoms with Gasteiger partial charge in [0.1, 0.15) is 6.61 Å². The summed E-state index contributed by atoms with van der Waals surface area (Å²) in [6, 6.07) is 16.1. The van der Waals surface area contributed by atoms with Crippen LogP contribution in [0.4, 0.5) is 0 Å². The Morgan fingerprint density at radius 3 is 2.41 bits per heavy atom. The monoisotopic (exact) mass is 554 g/mol. The highest BCUT2D eigenvalue weighted by atomic mass is 79.9. The van der Waals surface area contributed by atoms with Crippen molar-refractivity contribution in [3.8, 4) is 11.5 Å². The molecule has 0 aliphatic carbocycles. The fourth-order valence-corrected chi connectivity index (χ4v) is 3.60. The van der Waals surface area contributed by atoms with Crippen molar-refractivity contribution in [1.29, 1.82) is 0 Å². The van der Waals surface area contributed by atoms with Crippen LogP contribution in [0.1, 0.15) is 16.7 Å². The minimum atomic E-state index is -0.233. The molecule has 1 N–H and O–H groups in total. The second kappa shape index (κ2) is 11.6. The number of nitrogens with one attached hydrogen (secondary N) is 1. The summed E-state index contributed by atoms with van der Waals surface area (Å²) >= 11 is 21.7. The van der Waals surface area contributed by atoms with Crippen LogP contribution in [0.2, 0.25) is 15.1 Å². The minimum Gasteiger partial charge on any atom is -0.493 e. The summed E-state index contributed by atoms with van der Waals surface area (Å²) < 4.78 is 12.2. The van der Waals surface area contributed by atoms with E-state index in [1.165, 1.54) is 13.3 Å². The van der Waals surface area contributed by atoms with Gasteiger partial charge in [0.25, 0.3) is 0 Å². The third kappa shape index (κ3) is 6.87. The molecule has 0 aliphatic rings. The van der Waals surface area contributed by atoms with E-state index in [0.29, 0.717) is 32.1 Å². The fourth-order valence-electron chi connectivity index (χ4n) is 2.75. The number of carbonyl (C=O) groups excluding carboxylic acids is 1. The Morgan fingerprint density at radius 2 is 1.72 bits per heavy atom. The zero-order chi connectivity index (χ0) is 23.1. The predicted octanol–water partition coefficient (Wildman–Crippen LogP) is 6.69. The van der Waals surface area contributed by atoms with Crippen LogP contribution in [-0.4, -0.2) is 19.2 Å². The van der Waals surface area contributed by atoms with Gasteiger partial charge in [-0.3, -0.25) is 4.79 Å². The predicted molar refractivity (Wildman–Crippen MR) is 132 cm³/mol. The molecule has 0 bridgehead atoms. The molecule has 0 unspecified atom stereocenters. The minimum absolute atomic E-state index is 0.218. The molecule has 0 saturated heterocycles. The van der Waals surface area contributed by atoms with E-state index < -0.39 is 0 Å². The summed E-state index contributed by atoms with van der Waals surface area (Å²) in [6.45, 7) is 0.229. The molecule has 3 rings (SSSR count). The lowest BCUT2D eigenvalue weighted by atomic mass is 10.1. The maximum Gasteiger partial charge on any atom is 0.244 e. The fraction of sp³-hybridized carbons (Fsp3) is 0.130. The highest BCUT2D eigenvalue weighted by Crippen LogP contribution is 2.37. The number of methoxy groups -OCH3 is 1. The van der Waals surface area contributed by atoms with Gasteiger partial charge >= 0.3 is 0 Å². The van der Waals surface area contributed by atoms with Crippen molar-refractivity contribution in [2.45, 2.75) is 13.0 Å². The Morgan fingerprint density at radius 1 is 1.00 bits per heavy atom. The summed E-state index contributed by atoms with van der Waals surface area (Å²) in [7, 11) is 1.51. The highest BCUT2D eigenvalue weighted by Gasteiger charge is 2.12. The average molecular weight is 557 g/mol. The number of hydrogen-bond donors (Lipinski definition) is 1. The first-order chi connectivity index (χ1) is 15.4. The first kappa shape index (κ1) is 24.4. The van der Waals surface area contributed by atoms with E-state index in [0.717, 1.165) is 15.6 Å². The van der Waals surface area contributed by atoms with Crippen molar-refractivity contribution in [2.24, 2.45) is 5.10 Å². The van der Waals surface area contributed by atoms with Gasteiger partial charge in [0.05, 0.1) is 34.8 Å². The summed E-state index contributed by atoms with van der Waals surface area (Å²) in [5.41, 5.74) is 4.85. The number of nitrogens with zero attached hydrogens (tertiary/aromatic N) is 1. The first-order valence-electron chi connectivity index (χ1n) is 9.36. The number of hydrazone groups is 1. The third-order valence-electron chi connectivity index (χ3n) is 4.30.